The molecule has 0 saturated carbocycles. The van der Waals surface area contributed by atoms with Gasteiger partial charge in [0.25, 0.3) is 5.69 Å². The number of halogens is 3. The second-order valence-corrected chi connectivity index (χ2v) is 8.63. The molecule has 0 bridgehead atoms. The predicted octanol–water partition coefficient (Wildman–Crippen LogP) is 3.13. The van der Waals surface area contributed by atoms with E-state index in [2.05, 4.69) is 4.98 Å². The van der Waals surface area contributed by atoms with Gasteiger partial charge in [0.05, 0.1) is 10.7 Å². The third-order valence-corrected chi connectivity index (χ3v) is 5.86. The lowest BCUT2D eigenvalue weighted by Gasteiger charge is -2.21. The highest BCUT2D eigenvalue weighted by Gasteiger charge is 2.39. The van der Waals surface area contributed by atoms with Crippen LogP contribution in [0.15, 0.2) is 18.2 Å². The molecule has 11 heteroatoms. The van der Waals surface area contributed by atoms with Crippen molar-refractivity contribution in [3.05, 3.63) is 39.6 Å². The zero-order valence-corrected chi connectivity index (χ0v) is 14.7. The summed E-state index contributed by atoms with van der Waals surface area (Å²) in [5.41, 5.74) is -4.13. The summed E-state index contributed by atoms with van der Waals surface area (Å²) in [6.45, 7) is 2.78. The third-order valence-electron chi connectivity index (χ3n) is 4.16. The van der Waals surface area contributed by atoms with Crippen LogP contribution in [-0.4, -0.2) is 34.9 Å². The smallest absolute Gasteiger partial charge is 0.384 e. The Morgan fingerprint density at radius 2 is 1.88 bits per heavy atom. The monoisotopic (exact) mass is 394 g/mol. The summed E-state index contributed by atoms with van der Waals surface area (Å²) in [6, 6.07) is 2.66. The molecule has 0 spiro atoms. The zero-order chi connectivity index (χ0) is 19.9. The molecule has 0 amide bonds. The summed E-state index contributed by atoms with van der Waals surface area (Å²) in [5, 5.41) is 21.6. The normalized spacial score (nSPS) is 15.2. The Hall–Kier alpha value is -2.14. The number of nitro benzene ring substituents is 1. The van der Waals surface area contributed by atoms with Crippen molar-refractivity contribution < 1.29 is 31.6 Å². The Bertz CT molecular complexity index is 948. The minimum atomic E-state index is -4.92. The van der Waals surface area contributed by atoms with E-state index in [-0.39, 0.29) is 34.5 Å². The summed E-state index contributed by atoms with van der Waals surface area (Å²) < 4.78 is 62.3. The van der Waals surface area contributed by atoms with Crippen LogP contribution in [0.5, 0.6) is 0 Å². The number of sulfone groups is 1. The molecular formula is C15H17F3N2O5S. The summed E-state index contributed by atoms with van der Waals surface area (Å²) >= 11 is 0. The van der Waals surface area contributed by atoms with Crippen LogP contribution in [0, 0.1) is 10.1 Å². The summed E-state index contributed by atoms with van der Waals surface area (Å²) in [7, 11) is -3.35. The fourth-order valence-corrected chi connectivity index (χ4v) is 3.47. The van der Waals surface area contributed by atoms with Crippen LogP contribution in [0.4, 0.5) is 18.9 Å². The van der Waals surface area contributed by atoms with E-state index in [0.29, 0.717) is 6.07 Å². The van der Waals surface area contributed by atoms with Gasteiger partial charge in [-0.05, 0) is 25.5 Å². The van der Waals surface area contributed by atoms with Crippen molar-refractivity contribution in [3.63, 3.8) is 0 Å². The molecule has 26 heavy (non-hydrogen) atoms. The van der Waals surface area contributed by atoms with Crippen LogP contribution in [0.3, 0.4) is 0 Å². The van der Waals surface area contributed by atoms with Gasteiger partial charge in [-0.2, -0.15) is 13.2 Å². The number of nitrogens with one attached hydrogen (secondary N) is 1. The maximum absolute atomic E-state index is 13.0. The number of alkyl halides is 3. The van der Waals surface area contributed by atoms with Crippen molar-refractivity contribution in [1.82, 2.24) is 4.98 Å². The molecule has 7 nitrogen and oxygen atoms in total. The molecule has 1 atom stereocenters. The lowest BCUT2D eigenvalue weighted by Crippen LogP contribution is -2.26. The Labute approximate surface area is 146 Å². The van der Waals surface area contributed by atoms with Gasteiger partial charge >= 0.3 is 6.18 Å². The van der Waals surface area contributed by atoms with E-state index in [9.17, 15) is 36.8 Å². The van der Waals surface area contributed by atoms with Crippen molar-refractivity contribution in [1.29, 1.82) is 0 Å². The average Bonchev–Trinajstić information content (AvgIpc) is 2.95. The maximum atomic E-state index is 13.0. The van der Waals surface area contributed by atoms with Gasteiger partial charge in [0.15, 0.2) is 0 Å². The molecular weight excluding hydrogens is 377 g/mol. The highest BCUT2D eigenvalue weighted by Crippen LogP contribution is 2.39. The van der Waals surface area contributed by atoms with Crippen molar-refractivity contribution in [3.8, 4) is 0 Å². The standard InChI is InChI=1S/C15H17F3N2O5S/c1-3-26(24,25)5-4-14(2,21)13-7-9-6-12(20(22)23)10(15(16,17)18)8-11(9)19-13/h6-8,19,21H,3-5H2,1-2H3. The van der Waals surface area contributed by atoms with Gasteiger partial charge in [-0.15, -0.1) is 0 Å². The number of rotatable bonds is 6. The minimum absolute atomic E-state index is 0.0449. The fourth-order valence-electron chi connectivity index (χ4n) is 2.47. The molecule has 2 rings (SSSR count). The molecule has 1 heterocycles. The predicted molar refractivity (Wildman–Crippen MR) is 88.5 cm³/mol. The van der Waals surface area contributed by atoms with Crippen LogP contribution >= 0.6 is 0 Å². The number of hydrogen-bond donors (Lipinski definition) is 2. The van der Waals surface area contributed by atoms with Gasteiger partial charge in [0.1, 0.15) is 21.0 Å². The number of fused-ring (bicyclic) bond motifs is 1. The van der Waals surface area contributed by atoms with E-state index in [4.69, 9.17) is 0 Å². The lowest BCUT2D eigenvalue weighted by atomic mass is 9.99. The van der Waals surface area contributed by atoms with Crippen molar-refractivity contribution in [2.24, 2.45) is 0 Å². The van der Waals surface area contributed by atoms with Crippen molar-refractivity contribution in [2.75, 3.05) is 11.5 Å². The Morgan fingerprint density at radius 1 is 1.27 bits per heavy atom. The number of aromatic amines is 1. The number of aliphatic hydroxyl groups is 1. The maximum Gasteiger partial charge on any atom is 0.423 e. The Kier molecular flexibility index (Phi) is 5.08. The van der Waals surface area contributed by atoms with Crippen LogP contribution in [0.2, 0.25) is 0 Å². The molecule has 0 saturated heterocycles. The van der Waals surface area contributed by atoms with Crippen LogP contribution < -0.4 is 0 Å². The number of H-pyrrole nitrogens is 1. The Balaban J connectivity index is 2.50. The van der Waals surface area contributed by atoms with Crippen LogP contribution in [-0.2, 0) is 21.6 Å². The first-order valence-electron chi connectivity index (χ1n) is 7.58. The van der Waals surface area contributed by atoms with E-state index < -0.39 is 37.8 Å². The number of nitrogens with zero attached hydrogens (tertiary/aromatic N) is 1. The highest BCUT2D eigenvalue weighted by atomic mass is 32.2. The fraction of sp³-hybridized carbons (Fsp3) is 0.467. The quantitative estimate of drug-likeness (QED) is 0.577. The van der Waals surface area contributed by atoms with E-state index >= 15 is 0 Å². The second-order valence-electron chi connectivity index (χ2n) is 6.15. The average molecular weight is 394 g/mol. The van der Waals surface area contributed by atoms with E-state index in [1.807, 2.05) is 0 Å². The molecule has 144 valence electrons. The molecule has 0 aliphatic rings. The SMILES string of the molecule is CCS(=O)(=O)CCC(C)(O)c1cc2cc([N+](=O)[O-])c(C(F)(F)F)cc2[nH]1. The molecule has 1 aromatic heterocycles. The van der Waals surface area contributed by atoms with Gasteiger partial charge in [0, 0.05) is 28.4 Å². The molecule has 2 aromatic rings. The van der Waals surface area contributed by atoms with Gasteiger partial charge in [-0.3, -0.25) is 10.1 Å². The molecule has 1 unspecified atom stereocenters. The van der Waals surface area contributed by atoms with Crippen molar-refractivity contribution in [2.45, 2.75) is 32.0 Å². The number of hydrogen-bond acceptors (Lipinski definition) is 5. The number of nitro groups is 1. The first-order chi connectivity index (χ1) is 11.8. The summed E-state index contributed by atoms with van der Waals surface area (Å²) in [6.07, 6.45) is -5.09. The molecule has 0 aliphatic carbocycles. The lowest BCUT2D eigenvalue weighted by molar-refractivity contribution is -0.387. The largest absolute Gasteiger partial charge is 0.423 e. The molecule has 0 radical (unpaired) electrons. The summed E-state index contributed by atoms with van der Waals surface area (Å²) in [5.74, 6) is -0.406. The van der Waals surface area contributed by atoms with E-state index in [1.165, 1.54) is 19.9 Å². The third kappa shape index (κ3) is 4.15. The molecule has 0 fully saturated rings. The summed E-state index contributed by atoms with van der Waals surface area (Å²) in [4.78, 5) is 12.4. The molecule has 0 aliphatic heterocycles. The highest BCUT2D eigenvalue weighted by molar-refractivity contribution is 7.91. The van der Waals surface area contributed by atoms with Gasteiger partial charge < -0.3 is 10.1 Å². The van der Waals surface area contributed by atoms with Crippen LogP contribution in [0.1, 0.15) is 31.5 Å². The van der Waals surface area contributed by atoms with Gasteiger partial charge in [-0.25, -0.2) is 8.42 Å². The van der Waals surface area contributed by atoms with Crippen LogP contribution in [0.25, 0.3) is 10.9 Å². The zero-order valence-electron chi connectivity index (χ0n) is 13.9. The van der Waals surface area contributed by atoms with Gasteiger partial charge in [0.2, 0.25) is 0 Å². The molecule has 2 N–H and O–H groups in total. The number of aromatic nitrogens is 1. The Morgan fingerprint density at radius 3 is 2.38 bits per heavy atom. The van der Waals surface area contributed by atoms with E-state index in [0.717, 1.165) is 6.07 Å². The van der Waals surface area contributed by atoms with Crippen molar-refractivity contribution >= 4 is 26.4 Å². The van der Waals surface area contributed by atoms with E-state index in [1.54, 1.807) is 0 Å². The first kappa shape index (κ1) is 20.2. The topological polar surface area (TPSA) is 113 Å². The second kappa shape index (κ2) is 6.54. The minimum Gasteiger partial charge on any atom is -0.384 e. The van der Waals surface area contributed by atoms with Gasteiger partial charge in [-0.1, -0.05) is 6.92 Å². The number of benzene rings is 1. The first-order valence-corrected chi connectivity index (χ1v) is 9.40. The molecule has 1 aromatic carbocycles.